The maximum Gasteiger partial charge on any atom is 0.329 e. The molecule has 41 heavy (non-hydrogen) atoms. The number of halogens is 1. The van der Waals surface area contributed by atoms with Crippen LogP contribution in [0.2, 0.25) is 5.02 Å². The molecular weight excluding hydrogens is 564 g/mol. The highest BCUT2D eigenvalue weighted by Crippen LogP contribution is 2.41. The van der Waals surface area contributed by atoms with Crippen molar-refractivity contribution in [3.8, 4) is 0 Å². The SMILES string of the molecule is CO[C@@H]1[C@H]2OC(C)(C)O[C@H]2O[C@@H]1[C@H](O)Cn1c(=O)n(C[C@H](O)[C@H]2O[C@H]3OC(C)(C)O[C@H]3[C@H]2OC)c2ccc(Cl)cc21. The fourth-order valence-electron chi connectivity index (χ4n) is 6.39. The van der Waals surface area contributed by atoms with E-state index in [0.29, 0.717) is 16.1 Å². The Kier molecular flexibility index (Phi) is 7.56. The Balaban J connectivity index is 1.25. The van der Waals surface area contributed by atoms with Gasteiger partial charge in [0.15, 0.2) is 24.2 Å². The van der Waals surface area contributed by atoms with Crippen molar-refractivity contribution in [2.75, 3.05) is 14.2 Å². The zero-order valence-electron chi connectivity index (χ0n) is 23.8. The molecule has 5 heterocycles. The standard InChI is InChI=1S/C27H37ClN2O11/c1-26(2)38-21-19(34-5)17(36-23(21)40-26)15(31)10-29-13-8-7-12(28)9-14(13)30(25(29)33)11-16(32)18-20(35-6)22-24(37-18)41-27(3,4)39-22/h7-9,15-24,31-32H,10-11H2,1-6H3/t15-,16+,17+,18+,19-,20-,21-,22+,23-,24+/m0/s1. The third-order valence-electron chi connectivity index (χ3n) is 8.08. The Morgan fingerprint density at radius 3 is 1.76 bits per heavy atom. The Hall–Kier alpha value is -1.62. The highest BCUT2D eigenvalue weighted by atomic mass is 35.5. The second-order valence-electron chi connectivity index (χ2n) is 11.8. The first-order valence-corrected chi connectivity index (χ1v) is 14.0. The van der Waals surface area contributed by atoms with E-state index in [9.17, 15) is 15.0 Å². The lowest BCUT2D eigenvalue weighted by molar-refractivity contribution is -0.228. The number of aliphatic hydroxyl groups is 2. The summed E-state index contributed by atoms with van der Waals surface area (Å²) in [6.45, 7) is 6.86. The van der Waals surface area contributed by atoms with Gasteiger partial charge in [-0.15, -0.1) is 0 Å². The summed E-state index contributed by atoms with van der Waals surface area (Å²) in [5, 5.41) is 23.0. The summed E-state index contributed by atoms with van der Waals surface area (Å²) >= 11 is 6.30. The number of methoxy groups -OCH3 is 2. The van der Waals surface area contributed by atoms with E-state index in [1.807, 2.05) is 0 Å². The fraction of sp³-hybridized carbons (Fsp3) is 0.741. The van der Waals surface area contributed by atoms with Gasteiger partial charge in [0.1, 0.15) is 48.8 Å². The first-order valence-electron chi connectivity index (χ1n) is 13.6. The molecular formula is C27H37ClN2O11. The van der Waals surface area contributed by atoms with E-state index in [-0.39, 0.29) is 13.1 Å². The molecule has 1 aromatic heterocycles. The number of fused-ring (bicyclic) bond motifs is 3. The maximum absolute atomic E-state index is 13.8. The van der Waals surface area contributed by atoms with Gasteiger partial charge in [0.25, 0.3) is 0 Å². The van der Waals surface area contributed by atoms with Crippen LogP contribution in [-0.2, 0) is 51.0 Å². The molecule has 13 nitrogen and oxygen atoms in total. The zero-order chi connectivity index (χ0) is 29.4. The predicted molar refractivity (Wildman–Crippen MR) is 142 cm³/mol. The molecule has 14 heteroatoms. The van der Waals surface area contributed by atoms with Crippen LogP contribution in [0.25, 0.3) is 11.0 Å². The van der Waals surface area contributed by atoms with Crippen LogP contribution in [-0.4, -0.2) is 107 Å². The van der Waals surface area contributed by atoms with Crippen molar-refractivity contribution in [2.45, 2.75) is 114 Å². The van der Waals surface area contributed by atoms with E-state index >= 15 is 0 Å². The van der Waals surface area contributed by atoms with E-state index < -0.39 is 78.7 Å². The number of ether oxygens (including phenoxy) is 8. The molecule has 4 saturated heterocycles. The van der Waals surface area contributed by atoms with Gasteiger partial charge >= 0.3 is 5.69 Å². The van der Waals surface area contributed by atoms with Crippen molar-refractivity contribution in [1.82, 2.24) is 9.13 Å². The van der Waals surface area contributed by atoms with E-state index in [0.717, 1.165) is 0 Å². The monoisotopic (exact) mass is 600 g/mol. The Bertz CT molecular complexity index is 1340. The summed E-state index contributed by atoms with van der Waals surface area (Å²) in [5.74, 6) is -1.69. The molecule has 0 unspecified atom stereocenters. The Morgan fingerprint density at radius 2 is 1.29 bits per heavy atom. The number of hydrogen-bond donors (Lipinski definition) is 2. The average Bonchev–Trinajstić information content (AvgIpc) is 3.63. The molecule has 2 aromatic rings. The fourth-order valence-corrected chi connectivity index (χ4v) is 6.56. The molecule has 6 rings (SSSR count). The van der Waals surface area contributed by atoms with Crippen molar-refractivity contribution >= 4 is 22.6 Å². The minimum atomic E-state index is -1.16. The number of aromatic nitrogens is 2. The van der Waals surface area contributed by atoms with Crippen molar-refractivity contribution in [2.24, 2.45) is 0 Å². The van der Waals surface area contributed by atoms with Crippen LogP contribution in [0.1, 0.15) is 27.7 Å². The zero-order valence-corrected chi connectivity index (χ0v) is 24.5. The molecule has 4 aliphatic heterocycles. The number of aliphatic hydroxyl groups excluding tert-OH is 2. The number of imidazole rings is 1. The summed E-state index contributed by atoms with van der Waals surface area (Å²) in [4.78, 5) is 13.8. The highest BCUT2D eigenvalue weighted by Gasteiger charge is 2.58. The number of nitrogens with zero attached hydrogens (tertiary/aromatic N) is 2. The molecule has 4 aliphatic rings. The van der Waals surface area contributed by atoms with Crippen LogP contribution in [0.15, 0.2) is 23.0 Å². The van der Waals surface area contributed by atoms with Gasteiger partial charge in [-0.3, -0.25) is 9.13 Å². The molecule has 10 atom stereocenters. The highest BCUT2D eigenvalue weighted by molar-refractivity contribution is 6.31. The molecule has 4 fully saturated rings. The second kappa shape index (κ2) is 10.5. The van der Waals surface area contributed by atoms with Crippen molar-refractivity contribution < 1.29 is 48.1 Å². The Morgan fingerprint density at radius 1 is 0.829 bits per heavy atom. The van der Waals surface area contributed by atoms with Gasteiger partial charge in [0.2, 0.25) is 0 Å². The smallest absolute Gasteiger partial charge is 0.329 e. The largest absolute Gasteiger partial charge is 0.388 e. The molecule has 228 valence electrons. The number of hydrogen-bond acceptors (Lipinski definition) is 11. The molecule has 0 aliphatic carbocycles. The summed E-state index contributed by atoms with van der Waals surface area (Å²) in [7, 11) is 3.02. The Labute approximate surface area is 241 Å². The van der Waals surface area contributed by atoms with Crippen LogP contribution in [0.3, 0.4) is 0 Å². The topological polar surface area (TPSA) is 141 Å². The van der Waals surface area contributed by atoms with Crippen molar-refractivity contribution in [3.05, 3.63) is 33.7 Å². The lowest BCUT2D eigenvalue weighted by Crippen LogP contribution is -2.46. The lowest BCUT2D eigenvalue weighted by Gasteiger charge is -2.28. The van der Waals surface area contributed by atoms with Gasteiger partial charge < -0.3 is 48.1 Å². The van der Waals surface area contributed by atoms with Crippen molar-refractivity contribution in [3.63, 3.8) is 0 Å². The summed E-state index contributed by atoms with van der Waals surface area (Å²) in [6.07, 6.45) is -7.65. The van der Waals surface area contributed by atoms with Gasteiger partial charge in [0, 0.05) is 19.2 Å². The number of rotatable bonds is 8. The third-order valence-corrected chi connectivity index (χ3v) is 8.31. The molecule has 0 saturated carbocycles. The van der Waals surface area contributed by atoms with Crippen LogP contribution < -0.4 is 5.69 Å². The summed E-state index contributed by atoms with van der Waals surface area (Å²) in [6, 6.07) is 4.99. The predicted octanol–water partition coefficient (Wildman–Crippen LogP) is 0.961. The van der Waals surface area contributed by atoms with E-state index in [1.54, 1.807) is 45.9 Å². The van der Waals surface area contributed by atoms with Gasteiger partial charge in [-0.2, -0.15) is 0 Å². The molecule has 1 aromatic carbocycles. The van der Waals surface area contributed by atoms with E-state index in [4.69, 9.17) is 49.5 Å². The van der Waals surface area contributed by atoms with Crippen LogP contribution in [0, 0.1) is 0 Å². The van der Waals surface area contributed by atoms with E-state index in [2.05, 4.69) is 0 Å². The van der Waals surface area contributed by atoms with Gasteiger partial charge in [-0.25, -0.2) is 4.79 Å². The summed E-state index contributed by atoms with van der Waals surface area (Å²) in [5.41, 5.74) is 0.546. The lowest BCUT2D eigenvalue weighted by atomic mass is 10.1. The first kappa shape index (κ1) is 29.5. The molecule has 0 radical (unpaired) electrons. The minimum absolute atomic E-state index is 0.116. The van der Waals surface area contributed by atoms with Crippen LogP contribution in [0.5, 0.6) is 0 Å². The van der Waals surface area contributed by atoms with Gasteiger partial charge in [-0.05, 0) is 45.9 Å². The average molecular weight is 601 g/mol. The summed E-state index contributed by atoms with van der Waals surface area (Å²) < 4.78 is 49.5. The normalized spacial score (nSPS) is 37.0. The molecule has 0 bridgehead atoms. The van der Waals surface area contributed by atoms with Crippen LogP contribution in [0.4, 0.5) is 0 Å². The van der Waals surface area contributed by atoms with E-state index in [1.165, 1.54) is 23.4 Å². The number of benzene rings is 1. The third kappa shape index (κ3) is 5.14. The van der Waals surface area contributed by atoms with Gasteiger partial charge in [-0.1, -0.05) is 11.6 Å². The quantitative estimate of drug-likeness (QED) is 0.447. The van der Waals surface area contributed by atoms with Crippen molar-refractivity contribution in [1.29, 1.82) is 0 Å². The maximum atomic E-state index is 13.8. The van der Waals surface area contributed by atoms with Gasteiger partial charge in [0.05, 0.1) is 24.1 Å². The second-order valence-corrected chi connectivity index (χ2v) is 12.2. The molecule has 2 N–H and O–H groups in total. The molecule has 0 spiro atoms. The minimum Gasteiger partial charge on any atom is -0.388 e. The first-order chi connectivity index (χ1) is 19.3. The molecule has 0 amide bonds. The van der Waals surface area contributed by atoms with Crippen LogP contribution >= 0.6 is 11.6 Å².